The van der Waals surface area contributed by atoms with E-state index in [4.69, 9.17) is 9.47 Å². The van der Waals surface area contributed by atoms with Crippen molar-refractivity contribution in [2.45, 2.75) is 83.6 Å². The topological polar surface area (TPSA) is 38.8 Å². The summed E-state index contributed by atoms with van der Waals surface area (Å²) in [6.45, 7) is 9.45. The molecular formula is C27H34FNO3. The maximum absolute atomic E-state index is 15.0. The zero-order valence-corrected chi connectivity index (χ0v) is 19.6. The number of benzene rings is 2. The molecule has 0 aromatic heterocycles. The molecule has 1 heterocycles. The van der Waals surface area contributed by atoms with Crippen LogP contribution in [0.1, 0.15) is 80.8 Å². The van der Waals surface area contributed by atoms with Gasteiger partial charge in [0.1, 0.15) is 23.3 Å². The van der Waals surface area contributed by atoms with Crippen LogP contribution < -0.4 is 4.74 Å². The molecule has 0 N–H and O–H groups in total. The molecule has 172 valence electrons. The highest BCUT2D eigenvalue weighted by Gasteiger charge is 2.34. The first-order chi connectivity index (χ1) is 15.2. The summed E-state index contributed by atoms with van der Waals surface area (Å²) in [5.41, 5.74) is 1.54. The van der Waals surface area contributed by atoms with Crippen LogP contribution in [-0.4, -0.2) is 35.2 Å². The van der Waals surface area contributed by atoms with Crippen molar-refractivity contribution in [1.82, 2.24) is 4.90 Å². The maximum Gasteiger partial charge on any atom is 0.341 e. The predicted octanol–water partition coefficient (Wildman–Crippen LogP) is 6.09. The fourth-order valence-corrected chi connectivity index (χ4v) is 4.41. The number of piperidine rings is 1. The van der Waals surface area contributed by atoms with Crippen molar-refractivity contribution < 1.29 is 18.7 Å². The summed E-state index contributed by atoms with van der Waals surface area (Å²) in [4.78, 5) is 15.0. The van der Waals surface area contributed by atoms with Crippen LogP contribution in [0, 0.1) is 5.82 Å². The smallest absolute Gasteiger partial charge is 0.341 e. The van der Waals surface area contributed by atoms with Crippen LogP contribution in [0.2, 0.25) is 0 Å². The van der Waals surface area contributed by atoms with E-state index >= 15 is 0 Å². The lowest BCUT2D eigenvalue weighted by molar-refractivity contribution is 0.00641. The third kappa shape index (κ3) is 5.50. The van der Waals surface area contributed by atoms with E-state index in [0.717, 1.165) is 44.3 Å². The molecule has 4 rings (SSSR count). The van der Waals surface area contributed by atoms with E-state index in [9.17, 15) is 9.18 Å². The molecule has 2 aromatic carbocycles. The van der Waals surface area contributed by atoms with Crippen LogP contribution in [0.4, 0.5) is 4.39 Å². The van der Waals surface area contributed by atoms with E-state index in [0.29, 0.717) is 11.7 Å². The third-order valence-electron chi connectivity index (χ3n) is 6.29. The van der Waals surface area contributed by atoms with E-state index in [2.05, 4.69) is 36.1 Å². The van der Waals surface area contributed by atoms with Gasteiger partial charge in [-0.2, -0.15) is 0 Å². The molecule has 0 spiro atoms. The molecule has 2 aromatic rings. The van der Waals surface area contributed by atoms with Gasteiger partial charge in [0, 0.05) is 18.7 Å². The third-order valence-corrected chi connectivity index (χ3v) is 6.29. The Balaban J connectivity index is 1.53. The molecule has 2 fully saturated rings. The lowest BCUT2D eigenvalue weighted by atomic mass is 9.98. The highest BCUT2D eigenvalue weighted by Crippen LogP contribution is 2.46. The monoisotopic (exact) mass is 439 g/mol. The van der Waals surface area contributed by atoms with Gasteiger partial charge in [-0.05, 0) is 83.0 Å². The Morgan fingerprint density at radius 1 is 1.12 bits per heavy atom. The van der Waals surface area contributed by atoms with Crippen LogP contribution in [0.15, 0.2) is 42.5 Å². The number of carbonyl (C=O) groups excluding carboxylic acids is 1. The van der Waals surface area contributed by atoms with Crippen molar-refractivity contribution in [2.75, 3.05) is 6.54 Å². The molecule has 2 aliphatic rings. The number of carbonyl (C=O) groups is 1. The average molecular weight is 440 g/mol. The number of ether oxygens (including phenoxy) is 2. The number of nitrogens with zero attached hydrogens (tertiary/aromatic N) is 1. The molecule has 0 unspecified atom stereocenters. The fourth-order valence-electron chi connectivity index (χ4n) is 4.41. The van der Waals surface area contributed by atoms with Gasteiger partial charge in [-0.3, -0.25) is 4.90 Å². The average Bonchev–Trinajstić information content (AvgIpc) is 3.56. The molecule has 32 heavy (non-hydrogen) atoms. The van der Waals surface area contributed by atoms with Crippen molar-refractivity contribution >= 4 is 5.97 Å². The van der Waals surface area contributed by atoms with Crippen molar-refractivity contribution in [3.63, 3.8) is 0 Å². The molecule has 1 aliphatic heterocycles. The zero-order chi connectivity index (χ0) is 22.9. The van der Waals surface area contributed by atoms with Gasteiger partial charge >= 0.3 is 5.97 Å². The van der Waals surface area contributed by atoms with Crippen molar-refractivity contribution in [1.29, 1.82) is 0 Å². The summed E-state index contributed by atoms with van der Waals surface area (Å²) in [5, 5.41) is 0. The minimum atomic E-state index is -0.668. The van der Waals surface area contributed by atoms with Gasteiger partial charge < -0.3 is 9.47 Å². The standard InChI is InChI=1S/C27H34FNO3/c1-18-24(11-8-14-29(18)17-19-9-6-5-7-10-19)31-25-16-23(28)22(15-21(25)20-12-13-20)26(30)32-27(2,3)4/h5-7,9-10,15-16,18,20,24H,8,11-14,17H2,1-4H3/t18-,24+/m0/s1. The van der Waals surface area contributed by atoms with Gasteiger partial charge in [-0.15, -0.1) is 0 Å². The van der Waals surface area contributed by atoms with Crippen molar-refractivity contribution in [3.05, 3.63) is 65.0 Å². The second-order valence-electron chi connectivity index (χ2n) is 10.1. The largest absolute Gasteiger partial charge is 0.488 e. The Hall–Kier alpha value is -2.40. The van der Waals surface area contributed by atoms with Crippen LogP contribution in [-0.2, 0) is 11.3 Å². The summed E-state index contributed by atoms with van der Waals surface area (Å²) >= 11 is 0. The van der Waals surface area contributed by atoms with Gasteiger partial charge in [0.25, 0.3) is 0 Å². The molecular weight excluding hydrogens is 405 g/mol. The lowest BCUT2D eigenvalue weighted by Crippen LogP contribution is -2.48. The Morgan fingerprint density at radius 3 is 2.50 bits per heavy atom. The van der Waals surface area contributed by atoms with E-state index in [1.807, 2.05) is 6.07 Å². The first-order valence-electron chi connectivity index (χ1n) is 11.7. The first kappa shape index (κ1) is 22.8. The van der Waals surface area contributed by atoms with Crippen LogP contribution in [0.25, 0.3) is 0 Å². The summed E-state index contributed by atoms with van der Waals surface area (Å²) in [6.07, 6.45) is 4.04. The highest BCUT2D eigenvalue weighted by atomic mass is 19.1. The molecule has 5 heteroatoms. The van der Waals surface area contributed by atoms with E-state index < -0.39 is 17.4 Å². The minimum absolute atomic E-state index is 0.00317. The Morgan fingerprint density at radius 2 is 1.84 bits per heavy atom. The SMILES string of the molecule is C[C@H]1[C@H](Oc2cc(F)c(C(=O)OC(C)(C)C)cc2C2CC2)CCCN1Cc1ccccc1. The quantitative estimate of drug-likeness (QED) is 0.511. The lowest BCUT2D eigenvalue weighted by Gasteiger charge is -2.39. The zero-order valence-electron chi connectivity index (χ0n) is 19.6. The van der Waals surface area contributed by atoms with E-state index in [1.165, 1.54) is 11.6 Å². The summed E-state index contributed by atoms with van der Waals surface area (Å²) in [7, 11) is 0. The van der Waals surface area contributed by atoms with Gasteiger partial charge in [-0.25, -0.2) is 9.18 Å². The number of rotatable bonds is 6. The summed E-state index contributed by atoms with van der Waals surface area (Å²) in [6, 6.07) is 13.7. The molecule has 1 aliphatic carbocycles. The van der Waals surface area contributed by atoms with Crippen molar-refractivity contribution in [3.8, 4) is 5.75 Å². The van der Waals surface area contributed by atoms with E-state index in [-0.39, 0.29) is 17.7 Å². The number of likely N-dealkylation sites (tertiary alicyclic amines) is 1. The summed E-state index contributed by atoms with van der Waals surface area (Å²) < 4.78 is 26.8. The molecule has 0 amide bonds. The highest BCUT2D eigenvalue weighted by molar-refractivity contribution is 5.90. The Bertz CT molecular complexity index is 949. The van der Waals surface area contributed by atoms with Gasteiger partial charge in [0.2, 0.25) is 0 Å². The van der Waals surface area contributed by atoms with E-state index in [1.54, 1.807) is 26.8 Å². The molecule has 0 bridgehead atoms. The van der Waals surface area contributed by atoms with Gasteiger partial charge in [-0.1, -0.05) is 30.3 Å². The molecule has 2 atom stereocenters. The molecule has 1 saturated carbocycles. The first-order valence-corrected chi connectivity index (χ1v) is 11.7. The maximum atomic E-state index is 15.0. The van der Waals surface area contributed by atoms with Crippen LogP contribution in [0.5, 0.6) is 5.75 Å². The normalized spacial score (nSPS) is 21.9. The Kier molecular flexibility index (Phi) is 6.57. The second kappa shape index (κ2) is 9.22. The van der Waals surface area contributed by atoms with Gasteiger partial charge in [0.05, 0.1) is 5.56 Å². The molecule has 1 saturated heterocycles. The number of esters is 1. The Labute approximate surface area is 190 Å². The van der Waals surface area contributed by atoms with Gasteiger partial charge in [0.15, 0.2) is 0 Å². The second-order valence-corrected chi connectivity index (χ2v) is 10.1. The summed E-state index contributed by atoms with van der Waals surface area (Å²) in [5.74, 6) is -0.298. The minimum Gasteiger partial charge on any atom is -0.488 e. The molecule has 4 nitrogen and oxygen atoms in total. The van der Waals surface area contributed by atoms with Crippen LogP contribution in [0.3, 0.4) is 0 Å². The molecule has 0 radical (unpaired) electrons. The number of halogens is 1. The number of hydrogen-bond acceptors (Lipinski definition) is 4. The van der Waals surface area contributed by atoms with Crippen LogP contribution >= 0.6 is 0 Å². The van der Waals surface area contributed by atoms with Crippen molar-refractivity contribution in [2.24, 2.45) is 0 Å². The fraction of sp³-hybridized carbons (Fsp3) is 0.519. The predicted molar refractivity (Wildman–Crippen MR) is 124 cm³/mol. The number of hydrogen-bond donors (Lipinski definition) is 0.